The highest BCUT2D eigenvalue weighted by atomic mass is 35.5. The summed E-state index contributed by atoms with van der Waals surface area (Å²) >= 11 is 6.26. The molecule has 0 radical (unpaired) electrons. The fraction of sp³-hybridized carbons (Fsp3) is 0.111. The van der Waals surface area contributed by atoms with Crippen molar-refractivity contribution in [2.24, 2.45) is 0 Å². The maximum absolute atomic E-state index is 6.26. The van der Waals surface area contributed by atoms with Crippen LogP contribution in [0.25, 0.3) is 11.4 Å². The molecule has 0 aliphatic rings. The molecule has 0 amide bonds. The summed E-state index contributed by atoms with van der Waals surface area (Å²) in [5, 5.41) is 0.755. The number of rotatable bonds is 4. The van der Waals surface area contributed by atoms with Crippen molar-refractivity contribution in [3.8, 4) is 17.1 Å². The Hall–Kier alpha value is -2.39. The van der Waals surface area contributed by atoms with Gasteiger partial charge in [-0.15, -0.1) is 0 Å². The molecule has 0 unspecified atom stereocenters. The zero-order valence-corrected chi connectivity index (χ0v) is 12.9. The lowest BCUT2D eigenvalue weighted by Gasteiger charge is -2.11. The third-order valence-electron chi connectivity index (χ3n) is 3.44. The minimum Gasteiger partial charge on any atom is -0.496 e. The van der Waals surface area contributed by atoms with Crippen LogP contribution in [0.4, 0.5) is 0 Å². The highest BCUT2D eigenvalue weighted by Crippen LogP contribution is 2.28. The molecule has 0 spiro atoms. The van der Waals surface area contributed by atoms with Crippen molar-refractivity contribution in [3.05, 3.63) is 77.1 Å². The molecule has 1 aromatic heterocycles. The van der Waals surface area contributed by atoms with Crippen molar-refractivity contribution in [1.82, 2.24) is 9.97 Å². The third kappa shape index (κ3) is 3.10. The van der Waals surface area contributed by atoms with Crippen LogP contribution < -0.4 is 4.74 Å². The van der Waals surface area contributed by atoms with Crippen LogP contribution in [0.5, 0.6) is 5.75 Å². The molecule has 0 aliphatic carbocycles. The molecule has 0 atom stereocenters. The van der Waals surface area contributed by atoms with Gasteiger partial charge in [-0.25, -0.2) is 9.97 Å². The summed E-state index contributed by atoms with van der Waals surface area (Å²) in [4.78, 5) is 8.58. The molecule has 2 aromatic carbocycles. The van der Waals surface area contributed by atoms with Gasteiger partial charge >= 0.3 is 0 Å². The number of hydrogen-bond acceptors (Lipinski definition) is 3. The van der Waals surface area contributed by atoms with E-state index in [0.717, 1.165) is 27.5 Å². The second kappa shape index (κ2) is 6.58. The number of methoxy groups -OCH3 is 1. The largest absolute Gasteiger partial charge is 0.496 e. The van der Waals surface area contributed by atoms with E-state index in [1.807, 2.05) is 36.4 Å². The summed E-state index contributed by atoms with van der Waals surface area (Å²) in [6.45, 7) is 0. The van der Waals surface area contributed by atoms with Crippen LogP contribution in [-0.2, 0) is 6.42 Å². The number of nitrogens with zero attached hydrogens (tertiary/aromatic N) is 2. The molecule has 0 fully saturated rings. The van der Waals surface area contributed by atoms with Crippen molar-refractivity contribution in [2.75, 3.05) is 7.11 Å². The maximum atomic E-state index is 6.26. The van der Waals surface area contributed by atoms with E-state index in [1.54, 1.807) is 25.6 Å². The Balaban J connectivity index is 2.00. The van der Waals surface area contributed by atoms with Gasteiger partial charge < -0.3 is 4.74 Å². The van der Waals surface area contributed by atoms with Crippen molar-refractivity contribution < 1.29 is 4.74 Å². The Bertz CT molecular complexity index is 775. The van der Waals surface area contributed by atoms with Crippen LogP contribution in [0.15, 0.2) is 60.9 Å². The van der Waals surface area contributed by atoms with Crippen LogP contribution in [0.2, 0.25) is 5.02 Å². The van der Waals surface area contributed by atoms with E-state index in [1.165, 1.54) is 0 Å². The normalized spacial score (nSPS) is 10.5. The molecule has 110 valence electrons. The first-order chi connectivity index (χ1) is 10.8. The fourth-order valence-electron chi connectivity index (χ4n) is 2.35. The summed E-state index contributed by atoms with van der Waals surface area (Å²) in [6, 6.07) is 15.6. The lowest BCUT2D eigenvalue weighted by molar-refractivity contribution is 0.410. The summed E-state index contributed by atoms with van der Waals surface area (Å²) in [5.74, 6) is 1.53. The van der Waals surface area contributed by atoms with Crippen molar-refractivity contribution >= 4 is 11.6 Å². The molecule has 0 saturated carbocycles. The van der Waals surface area contributed by atoms with Gasteiger partial charge in [0.25, 0.3) is 0 Å². The van der Waals surface area contributed by atoms with Crippen LogP contribution in [0.1, 0.15) is 11.1 Å². The number of ether oxygens (including phenoxy) is 1. The van der Waals surface area contributed by atoms with Gasteiger partial charge in [0.1, 0.15) is 5.75 Å². The maximum Gasteiger partial charge on any atom is 0.159 e. The number of aromatic nitrogens is 2. The van der Waals surface area contributed by atoms with Gasteiger partial charge in [0.15, 0.2) is 5.82 Å². The van der Waals surface area contributed by atoms with Crippen LogP contribution in [-0.4, -0.2) is 17.1 Å². The van der Waals surface area contributed by atoms with Gasteiger partial charge in [-0.2, -0.15) is 0 Å². The molecule has 4 heteroatoms. The summed E-state index contributed by atoms with van der Waals surface area (Å²) < 4.78 is 5.46. The summed E-state index contributed by atoms with van der Waals surface area (Å²) in [5.41, 5.74) is 3.08. The van der Waals surface area contributed by atoms with Crippen molar-refractivity contribution in [3.63, 3.8) is 0 Å². The average Bonchev–Trinajstić information content (AvgIpc) is 2.58. The monoisotopic (exact) mass is 310 g/mol. The third-order valence-corrected chi connectivity index (χ3v) is 3.81. The van der Waals surface area contributed by atoms with Gasteiger partial charge in [-0.1, -0.05) is 29.8 Å². The molecule has 0 aliphatic heterocycles. The first kappa shape index (κ1) is 14.5. The number of halogens is 1. The zero-order valence-electron chi connectivity index (χ0n) is 12.2. The van der Waals surface area contributed by atoms with Gasteiger partial charge in [0.2, 0.25) is 0 Å². The van der Waals surface area contributed by atoms with E-state index in [2.05, 4.69) is 16.0 Å². The van der Waals surface area contributed by atoms with E-state index >= 15 is 0 Å². The Morgan fingerprint density at radius 1 is 0.955 bits per heavy atom. The lowest BCUT2D eigenvalue weighted by Crippen LogP contribution is -1.96. The predicted molar refractivity (Wildman–Crippen MR) is 88.3 cm³/mol. The lowest BCUT2D eigenvalue weighted by atomic mass is 10.0. The molecule has 22 heavy (non-hydrogen) atoms. The molecule has 3 rings (SSSR count). The number of hydrogen-bond donors (Lipinski definition) is 0. The minimum absolute atomic E-state index is 0.698. The Morgan fingerprint density at radius 2 is 1.73 bits per heavy atom. The number of benzene rings is 2. The second-order valence-corrected chi connectivity index (χ2v) is 5.27. The van der Waals surface area contributed by atoms with E-state index in [-0.39, 0.29) is 0 Å². The van der Waals surface area contributed by atoms with Gasteiger partial charge in [0.05, 0.1) is 7.11 Å². The first-order valence-electron chi connectivity index (χ1n) is 6.95. The smallest absolute Gasteiger partial charge is 0.159 e. The Morgan fingerprint density at radius 3 is 2.45 bits per heavy atom. The van der Waals surface area contributed by atoms with Gasteiger partial charge in [0, 0.05) is 29.4 Å². The Kier molecular flexibility index (Phi) is 4.35. The Labute approximate surface area is 134 Å². The predicted octanol–water partition coefficient (Wildman–Crippen LogP) is 4.40. The highest BCUT2D eigenvalue weighted by molar-refractivity contribution is 6.31. The van der Waals surface area contributed by atoms with E-state index < -0.39 is 0 Å². The summed E-state index contributed by atoms with van der Waals surface area (Å²) in [7, 11) is 1.67. The average molecular weight is 311 g/mol. The molecule has 1 heterocycles. The van der Waals surface area contributed by atoms with E-state index in [9.17, 15) is 0 Å². The molecular formula is C18H15ClN2O. The minimum atomic E-state index is 0.698. The molecule has 0 N–H and O–H groups in total. The van der Waals surface area contributed by atoms with E-state index in [0.29, 0.717) is 12.2 Å². The second-order valence-electron chi connectivity index (χ2n) is 4.87. The van der Waals surface area contributed by atoms with Crippen LogP contribution >= 0.6 is 11.6 Å². The molecule has 0 bridgehead atoms. The van der Waals surface area contributed by atoms with Crippen molar-refractivity contribution in [2.45, 2.75) is 6.42 Å². The van der Waals surface area contributed by atoms with E-state index in [4.69, 9.17) is 16.3 Å². The van der Waals surface area contributed by atoms with Gasteiger partial charge in [-0.3, -0.25) is 0 Å². The quantitative estimate of drug-likeness (QED) is 0.716. The topological polar surface area (TPSA) is 35.0 Å². The SMILES string of the molecule is COc1ccc(-c2ncccn2)cc1Cc1ccccc1Cl. The zero-order chi connectivity index (χ0) is 15.4. The van der Waals surface area contributed by atoms with Crippen LogP contribution in [0, 0.1) is 0 Å². The molecule has 0 saturated heterocycles. The summed E-state index contributed by atoms with van der Waals surface area (Å²) in [6.07, 6.45) is 4.17. The van der Waals surface area contributed by atoms with Crippen molar-refractivity contribution in [1.29, 1.82) is 0 Å². The van der Waals surface area contributed by atoms with Crippen LogP contribution in [0.3, 0.4) is 0 Å². The molecular weight excluding hydrogens is 296 g/mol. The standard InChI is InChI=1S/C18H15ClN2O/c1-22-17-8-7-14(18-20-9-4-10-21-18)12-15(17)11-13-5-2-3-6-16(13)19/h2-10,12H,11H2,1H3. The molecule has 3 aromatic rings. The fourth-order valence-corrected chi connectivity index (χ4v) is 2.55. The highest BCUT2D eigenvalue weighted by Gasteiger charge is 2.10. The van der Waals surface area contributed by atoms with Gasteiger partial charge in [-0.05, 0) is 41.5 Å². The first-order valence-corrected chi connectivity index (χ1v) is 7.33. The molecule has 3 nitrogen and oxygen atoms in total.